The maximum Gasteiger partial charge on any atom is 0.330 e. The van der Waals surface area contributed by atoms with Crippen LogP contribution in [-0.2, 0) is 19.1 Å². The SMILES string of the molecule is C=CC(=O)OCC(O)COc1ccc(SCC(O)COC(=O)C=C)cc1. The van der Waals surface area contributed by atoms with Gasteiger partial charge < -0.3 is 24.4 Å². The minimum Gasteiger partial charge on any atom is -0.491 e. The number of aliphatic hydroxyl groups excluding tert-OH is 2. The summed E-state index contributed by atoms with van der Waals surface area (Å²) in [5, 5.41) is 19.4. The van der Waals surface area contributed by atoms with Crippen molar-refractivity contribution in [2.75, 3.05) is 25.6 Å². The number of carbonyl (C=O) groups excluding carboxylic acids is 2. The Morgan fingerprint density at radius 1 is 0.962 bits per heavy atom. The molecule has 0 aromatic heterocycles. The normalized spacial score (nSPS) is 12.5. The van der Waals surface area contributed by atoms with Gasteiger partial charge in [0.15, 0.2) is 0 Å². The fourth-order valence-corrected chi connectivity index (χ4v) is 2.40. The Kier molecular flexibility index (Phi) is 10.1. The first kappa shape index (κ1) is 21.8. The van der Waals surface area contributed by atoms with E-state index < -0.39 is 24.1 Å². The Bertz CT molecular complexity index is 547. The van der Waals surface area contributed by atoms with Crippen molar-refractivity contribution in [1.29, 1.82) is 0 Å². The van der Waals surface area contributed by atoms with Crippen LogP contribution in [0.2, 0.25) is 0 Å². The number of hydrogen-bond donors (Lipinski definition) is 2. The molecule has 0 saturated heterocycles. The first-order chi connectivity index (χ1) is 12.4. The van der Waals surface area contributed by atoms with Crippen molar-refractivity contribution in [2.24, 2.45) is 0 Å². The van der Waals surface area contributed by atoms with Crippen molar-refractivity contribution >= 4 is 23.7 Å². The highest BCUT2D eigenvalue weighted by molar-refractivity contribution is 7.99. The molecule has 142 valence electrons. The van der Waals surface area contributed by atoms with Gasteiger partial charge in [0.05, 0.1) is 6.10 Å². The molecule has 0 saturated carbocycles. The van der Waals surface area contributed by atoms with E-state index in [4.69, 9.17) is 14.2 Å². The molecule has 26 heavy (non-hydrogen) atoms. The lowest BCUT2D eigenvalue weighted by Crippen LogP contribution is -2.24. The van der Waals surface area contributed by atoms with Gasteiger partial charge in [-0.2, -0.15) is 0 Å². The number of aliphatic hydroxyl groups is 2. The zero-order chi connectivity index (χ0) is 19.4. The molecule has 0 aliphatic rings. The summed E-state index contributed by atoms with van der Waals surface area (Å²) >= 11 is 1.40. The summed E-state index contributed by atoms with van der Waals surface area (Å²) in [6.45, 7) is 6.24. The van der Waals surface area contributed by atoms with Gasteiger partial charge in [-0.3, -0.25) is 0 Å². The predicted molar refractivity (Wildman–Crippen MR) is 97.0 cm³/mol. The van der Waals surface area contributed by atoms with Gasteiger partial charge in [0, 0.05) is 22.8 Å². The molecule has 0 radical (unpaired) electrons. The number of benzene rings is 1. The first-order valence-electron chi connectivity index (χ1n) is 7.74. The zero-order valence-electron chi connectivity index (χ0n) is 14.2. The Morgan fingerprint density at radius 3 is 2.04 bits per heavy atom. The molecule has 2 unspecified atom stereocenters. The maximum absolute atomic E-state index is 10.9. The number of thioether (sulfide) groups is 1. The van der Waals surface area contributed by atoms with Gasteiger partial charge in [0.1, 0.15) is 31.7 Å². The molecule has 0 amide bonds. The molecule has 0 bridgehead atoms. The van der Waals surface area contributed by atoms with Crippen LogP contribution < -0.4 is 4.74 Å². The van der Waals surface area contributed by atoms with E-state index in [1.165, 1.54) is 11.8 Å². The third kappa shape index (κ3) is 9.26. The largest absolute Gasteiger partial charge is 0.491 e. The third-order valence-electron chi connectivity index (χ3n) is 2.88. The van der Waals surface area contributed by atoms with Gasteiger partial charge in [0.2, 0.25) is 0 Å². The van der Waals surface area contributed by atoms with Crippen LogP contribution in [0.15, 0.2) is 54.5 Å². The summed E-state index contributed by atoms with van der Waals surface area (Å²) in [7, 11) is 0. The lowest BCUT2D eigenvalue weighted by Gasteiger charge is -2.13. The monoisotopic (exact) mass is 382 g/mol. The van der Waals surface area contributed by atoms with Crippen molar-refractivity contribution < 1.29 is 34.0 Å². The van der Waals surface area contributed by atoms with Crippen molar-refractivity contribution in [1.82, 2.24) is 0 Å². The molecular weight excluding hydrogens is 360 g/mol. The molecule has 0 heterocycles. The lowest BCUT2D eigenvalue weighted by molar-refractivity contribution is -0.141. The smallest absolute Gasteiger partial charge is 0.330 e. The van der Waals surface area contributed by atoms with Crippen molar-refractivity contribution in [3.05, 3.63) is 49.6 Å². The topological polar surface area (TPSA) is 102 Å². The molecule has 0 aliphatic heterocycles. The van der Waals surface area contributed by atoms with Gasteiger partial charge in [-0.15, -0.1) is 11.8 Å². The first-order valence-corrected chi connectivity index (χ1v) is 8.73. The van der Waals surface area contributed by atoms with Gasteiger partial charge in [-0.05, 0) is 24.3 Å². The van der Waals surface area contributed by atoms with Crippen LogP contribution in [0.3, 0.4) is 0 Å². The minimum atomic E-state index is -0.943. The van der Waals surface area contributed by atoms with Crippen LogP contribution >= 0.6 is 11.8 Å². The Labute approximate surface area is 156 Å². The standard InChI is InChI=1S/C18H22O7S/c1-3-17(21)24-10-13(19)9-23-15-5-7-16(8-6-15)26-12-14(20)11-25-18(22)4-2/h3-8,13-14,19-20H,1-2,9-12H2. The molecule has 0 spiro atoms. The van der Waals surface area contributed by atoms with E-state index in [0.29, 0.717) is 11.5 Å². The molecule has 2 atom stereocenters. The minimum absolute atomic E-state index is 0.0235. The summed E-state index contributed by atoms with van der Waals surface area (Å²) in [6.07, 6.45) is 0.332. The Balaban J connectivity index is 2.30. The number of esters is 2. The molecular formula is C18H22O7S. The third-order valence-corrected chi connectivity index (χ3v) is 4.03. The van der Waals surface area contributed by atoms with Gasteiger partial charge in [0.25, 0.3) is 0 Å². The summed E-state index contributed by atoms with van der Waals surface area (Å²) in [6, 6.07) is 7.03. The number of carbonyl (C=O) groups is 2. The van der Waals surface area contributed by atoms with Crippen molar-refractivity contribution in [2.45, 2.75) is 17.1 Å². The van der Waals surface area contributed by atoms with Crippen LogP contribution in [-0.4, -0.2) is 59.9 Å². The second kappa shape index (κ2) is 12.1. The van der Waals surface area contributed by atoms with Gasteiger partial charge in [-0.25, -0.2) is 9.59 Å². The second-order valence-corrected chi connectivity index (χ2v) is 6.16. The van der Waals surface area contributed by atoms with Gasteiger partial charge >= 0.3 is 11.9 Å². The lowest BCUT2D eigenvalue weighted by atomic mass is 10.3. The molecule has 1 aromatic carbocycles. The highest BCUT2D eigenvalue weighted by atomic mass is 32.2. The van der Waals surface area contributed by atoms with E-state index in [0.717, 1.165) is 17.0 Å². The zero-order valence-corrected chi connectivity index (χ0v) is 15.0. The fraction of sp³-hybridized carbons (Fsp3) is 0.333. The average molecular weight is 382 g/mol. The molecule has 0 fully saturated rings. The second-order valence-electron chi connectivity index (χ2n) is 5.07. The Morgan fingerprint density at radius 2 is 1.50 bits per heavy atom. The van der Waals surface area contributed by atoms with E-state index in [1.807, 2.05) is 0 Å². The highest BCUT2D eigenvalue weighted by Gasteiger charge is 2.09. The summed E-state index contributed by atoms with van der Waals surface area (Å²) in [5.41, 5.74) is 0. The summed E-state index contributed by atoms with van der Waals surface area (Å²) < 4.78 is 14.9. The van der Waals surface area contributed by atoms with Crippen molar-refractivity contribution in [3.8, 4) is 5.75 Å². The van der Waals surface area contributed by atoms with E-state index in [2.05, 4.69) is 13.2 Å². The number of rotatable bonds is 12. The van der Waals surface area contributed by atoms with Crippen LogP contribution in [0.25, 0.3) is 0 Å². The van der Waals surface area contributed by atoms with Crippen LogP contribution in [0, 0.1) is 0 Å². The Hall–Kier alpha value is -2.29. The average Bonchev–Trinajstić information content (AvgIpc) is 2.67. The summed E-state index contributed by atoms with van der Waals surface area (Å²) in [5.74, 6) is -0.273. The van der Waals surface area contributed by atoms with Crippen LogP contribution in [0.1, 0.15) is 0 Å². The molecule has 0 aliphatic carbocycles. The van der Waals surface area contributed by atoms with E-state index >= 15 is 0 Å². The van der Waals surface area contributed by atoms with Crippen LogP contribution in [0.5, 0.6) is 5.75 Å². The maximum atomic E-state index is 10.9. The molecule has 1 aromatic rings. The highest BCUT2D eigenvalue weighted by Crippen LogP contribution is 2.22. The summed E-state index contributed by atoms with van der Waals surface area (Å²) in [4.78, 5) is 22.7. The number of hydrogen-bond acceptors (Lipinski definition) is 8. The number of ether oxygens (including phenoxy) is 3. The van der Waals surface area contributed by atoms with E-state index in [9.17, 15) is 19.8 Å². The molecule has 7 nitrogen and oxygen atoms in total. The molecule has 8 heteroatoms. The van der Waals surface area contributed by atoms with Gasteiger partial charge in [-0.1, -0.05) is 13.2 Å². The fourth-order valence-electron chi connectivity index (χ4n) is 1.59. The predicted octanol–water partition coefficient (Wildman–Crippen LogP) is 1.34. The van der Waals surface area contributed by atoms with E-state index in [-0.39, 0.29) is 19.8 Å². The quantitative estimate of drug-likeness (QED) is 0.317. The van der Waals surface area contributed by atoms with Crippen molar-refractivity contribution in [3.63, 3.8) is 0 Å². The molecule has 1 rings (SSSR count). The van der Waals surface area contributed by atoms with Crippen LogP contribution in [0.4, 0.5) is 0 Å². The van der Waals surface area contributed by atoms with E-state index in [1.54, 1.807) is 24.3 Å². The molecule has 2 N–H and O–H groups in total.